The Labute approximate surface area is 152 Å². The second-order valence-corrected chi connectivity index (χ2v) is 5.81. The largest absolute Gasteiger partial charge is 0.304 e. The molecule has 0 fully saturated rings. The fraction of sp³-hybridized carbons (Fsp3) is 0. The molecule has 0 aliphatic rings. The van der Waals surface area contributed by atoms with Crippen molar-refractivity contribution in [2.45, 2.75) is 0 Å². The zero-order valence-corrected chi connectivity index (χ0v) is 14.0. The second kappa shape index (κ2) is 6.10. The third-order valence-electron chi connectivity index (χ3n) is 3.90. The number of halogens is 2. The Hall–Kier alpha value is -3.50. The highest BCUT2D eigenvalue weighted by atomic mass is 35.5. The van der Waals surface area contributed by atoms with Gasteiger partial charge in [-0.15, -0.1) is 0 Å². The van der Waals surface area contributed by atoms with Gasteiger partial charge in [0, 0.05) is 11.8 Å². The van der Waals surface area contributed by atoms with Crippen LogP contribution in [0.25, 0.3) is 34.5 Å². The third kappa shape index (κ3) is 2.44. The molecule has 0 saturated heterocycles. The molecule has 126 valence electrons. The van der Waals surface area contributed by atoms with Gasteiger partial charge < -0.3 is 4.57 Å². The average Bonchev–Trinajstić information content (AvgIpc) is 3.26. The minimum atomic E-state index is -0.503. The highest BCUT2D eigenvalue weighted by molar-refractivity contribution is 6.31. The summed E-state index contributed by atoms with van der Waals surface area (Å²) in [7, 11) is 0. The van der Waals surface area contributed by atoms with E-state index in [-0.39, 0.29) is 5.02 Å². The van der Waals surface area contributed by atoms with Crippen LogP contribution >= 0.6 is 11.6 Å². The van der Waals surface area contributed by atoms with Gasteiger partial charge in [-0.1, -0.05) is 18.2 Å². The van der Waals surface area contributed by atoms with Crippen LogP contribution in [0.15, 0.2) is 49.4 Å². The molecule has 0 unspecified atom stereocenters. The summed E-state index contributed by atoms with van der Waals surface area (Å²) < 4.78 is 16.7. The minimum absolute atomic E-state index is 0.00592. The van der Waals surface area contributed by atoms with Crippen molar-refractivity contribution in [1.82, 2.24) is 24.1 Å². The summed E-state index contributed by atoms with van der Waals surface area (Å²) >= 11 is 5.91. The number of rotatable bonds is 3. The lowest BCUT2D eigenvalue weighted by Crippen LogP contribution is -2.00. The first-order valence-electron chi connectivity index (χ1n) is 7.52. The molecule has 0 amide bonds. The van der Waals surface area contributed by atoms with Gasteiger partial charge in [0.2, 0.25) is 0 Å². The maximum absolute atomic E-state index is 13.5. The van der Waals surface area contributed by atoms with Gasteiger partial charge in [0.15, 0.2) is 11.3 Å². The Kier molecular flexibility index (Phi) is 3.75. The van der Waals surface area contributed by atoms with Crippen LogP contribution in [0.5, 0.6) is 0 Å². The van der Waals surface area contributed by atoms with Crippen LogP contribution in [0, 0.1) is 17.1 Å². The number of imidazole rings is 2. The molecule has 3 aromatic heterocycles. The topological polar surface area (TPSA) is 71.8 Å². The van der Waals surface area contributed by atoms with Crippen LogP contribution in [-0.2, 0) is 0 Å². The number of nitrogens with zero attached hydrogens (tertiary/aromatic N) is 6. The molecule has 26 heavy (non-hydrogen) atoms. The van der Waals surface area contributed by atoms with Gasteiger partial charge in [0.1, 0.15) is 23.3 Å². The van der Waals surface area contributed by atoms with Crippen LogP contribution in [-0.4, -0.2) is 24.1 Å². The van der Waals surface area contributed by atoms with E-state index in [4.69, 9.17) is 11.6 Å². The standard InChI is InChI=1S/C18H10ClFN6/c1-2-25-10-23-17(11-3-4-14(20)13(19)7-11)18(25)15-5-6-16-22-9-12(8-21)26(16)24-15/h2-7,9-10H,1H2. The summed E-state index contributed by atoms with van der Waals surface area (Å²) in [6, 6.07) is 9.96. The lowest BCUT2D eigenvalue weighted by atomic mass is 10.1. The number of nitriles is 1. The van der Waals surface area contributed by atoms with Gasteiger partial charge in [-0.3, -0.25) is 0 Å². The van der Waals surface area contributed by atoms with Crippen LogP contribution in [0.1, 0.15) is 5.69 Å². The Morgan fingerprint density at radius 3 is 2.81 bits per heavy atom. The molecule has 0 atom stereocenters. The molecular weight excluding hydrogens is 355 g/mol. The van der Waals surface area contributed by atoms with Gasteiger partial charge in [-0.25, -0.2) is 18.9 Å². The van der Waals surface area contributed by atoms with E-state index in [2.05, 4.69) is 21.6 Å². The van der Waals surface area contributed by atoms with Crippen LogP contribution in [0.2, 0.25) is 5.02 Å². The molecule has 0 saturated carbocycles. The van der Waals surface area contributed by atoms with Crippen molar-refractivity contribution < 1.29 is 4.39 Å². The van der Waals surface area contributed by atoms with Crippen molar-refractivity contribution in [2.75, 3.05) is 0 Å². The quantitative estimate of drug-likeness (QED) is 0.550. The Morgan fingerprint density at radius 2 is 2.08 bits per heavy atom. The molecule has 3 heterocycles. The van der Waals surface area contributed by atoms with Crippen molar-refractivity contribution in [3.63, 3.8) is 0 Å². The summed E-state index contributed by atoms with van der Waals surface area (Å²) in [4.78, 5) is 8.53. The van der Waals surface area contributed by atoms with Gasteiger partial charge >= 0.3 is 0 Å². The molecule has 0 aliphatic heterocycles. The molecule has 6 nitrogen and oxygen atoms in total. The predicted molar refractivity (Wildman–Crippen MR) is 95.7 cm³/mol. The average molecular weight is 365 g/mol. The number of aromatic nitrogens is 5. The third-order valence-corrected chi connectivity index (χ3v) is 4.19. The van der Waals surface area contributed by atoms with Crippen LogP contribution in [0.3, 0.4) is 0 Å². The zero-order valence-electron chi connectivity index (χ0n) is 13.3. The molecule has 4 rings (SSSR count). The lowest BCUT2D eigenvalue weighted by Gasteiger charge is -2.07. The van der Waals surface area contributed by atoms with Gasteiger partial charge in [-0.2, -0.15) is 10.4 Å². The van der Waals surface area contributed by atoms with E-state index in [0.29, 0.717) is 34.0 Å². The maximum atomic E-state index is 13.5. The molecule has 0 N–H and O–H groups in total. The number of fused-ring (bicyclic) bond motifs is 1. The van der Waals surface area contributed by atoms with Crippen molar-refractivity contribution in [1.29, 1.82) is 5.26 Å². The van der Waals surface area contributed by atoms with Crippen molar-refractivity contribution in [3.05, 3.63) is 66.0 Å². The van der Waals surface area contributed by atoms with Crippen molar-refractivity contribution in [3.8, 4) is 28.7 Å². The highest BCUT2D eigenvalue weighted by Crippen LogP contribution is 2.32. The van der Waals surface area contributed by atoms with Gasteiger partial charge in [0.05, 0.1) is 23.2 Å². The monoisotopic (exact) mass is 364 g/mol. The maximum Gasteiger partial charge on any atom is 0.162 e. The second-order valence-electron chi connectivity index (χ2n) is 5.40. The number of benzene rings is 1. The number of hydrogen-bond donors (Lipinski definition) is 0. The number of hydrogen-bond acceptors (Lipinski definition) is 4. The van der Waals surface area contributed by atoms with Crippen LogP contribution < -0.4 is 0 Å². The van der Waals surface area contributed by atoms with Crippen LogP contribution in [0.4, 0.5) is 4.39 Å². The Bertz CT molecular complexity index is 1200. The first kappa shape index (κ1) is 16.0. The predicted octanol–water partition coefficient (Wildman–Crippen LogP) is 4.02. The Balaban J connectivity index is 1.96. The summed E-state index contributed by atoms with van der Waals surface area (Å²) in [5, 5.41) is 13.7. The SMILES string of the molecule is C=Cn1cnc(-c2ccc(F)c(Cl)c2)c1-c1ccc2ncc(C#N)n2n1. The molecule has 1 aromatic carbocycles. The smallest absolute Gasteiger partial charge is 0.162 e. The molecule has 0 bridgehead atoms. The van der Waals surface area contributed by atoms with Crippen molar-refractivity contribution >= 4 is 23.4 Å². The van der Waals surface area contributed by atoms with E-state index >= 15 is 0 Å². The zero-order chi connectivity index (χ0) is 18.3. The summed E-state index contributed by atoms with van der Waals surface area (Å²) in [6.07, 6.45) is 4.62. The van der Waals surface area contributed by atoms with E-state index in [9.17, 15) is 9.65 Å². The normalized spacial score (nSPS) is 10.8. The molecule has 0 radical (unpaired) electrons. The summed E-state index contributed by atoms with van der Waals surface area (Å²) in [5.74, 6) is -0.503. The van der Waals surface area contributed by atoms with Gasteiger partial charge in [0.25, 0.3) is 0 Å². The van der Waals surface area contributed by atoms with E-state index in [0.717, 1.165) is 0 Å². The van der Waals surface area contributed by atoms with E-state index in [1.54, 1.807) is 35.3 Å². The molecule has 4 aromatic rings. The molecule has 0 aliphatic carbocycles. The van der Waals surface area contributed by atoms with E-state index < -0.39 is 5.82 Å². The summed E-state index contributed by atoms with van der Waals surface area (Å²) in [6.45, 7) is 3.78. The highest BCUT2D eigenvalue weighted by Gasteiger charge is 2.17. The Morgan fingerprint density at radius 1 is 1.23 bits per heavy atom. The summed E-state index contributed by atoms with van der Waals surface area (Å²) in [5.41, 5.74) is 3.28. The molecule has 0 spiro atoms. The fourth-order valence-corrected chi connectivity index (χ4v) is 2.86. The first-order chi connectivity index (χ1) is 12.6. The van der Waals surface area contributed by atoms with Crippen molar-refractivity contribution in [2.24, 2.45) is 0 Å². The fourth-order valence-electron chi connectivity index (χ4n) is 2.68. The van der Waals surface area contributed by atoms with E-state index in [1.807, 2.05) is 6.07 Å². The van der Waals surface area contributed by atoms with E-state index in [1.165, 1.54) is 22.8 Å². The first-order valence-corrected chi connectivity index (χ1v) is 7.90. The molecular formula is C18H10ClFN6. The molecule has 8 heteroatoms. The lowest BCUT2D eigenvalue weighted by molar-refractivity contribution is 0.628. The minimum Gasteiger partial charge on any atom is -0.304 e. The van der Waals surface area contributed by atoms with Gasteiger partial charge in [-0.05, 0) is 30.3 Å².